The minimum absolute atomic E-state index is 0.323. The summed E-state index contributed by atoms with van der Waals surface area (Å²) in [5.74, 6) is 0.329. The van der Waals surface area contributed by atoms with Crippen molar-refractivity contribution in [2.75, 3.05) is 0 Å². The Kier molecular flexibility index (Phi) is 4.80. The van der Waals surface area contributed by atoms with Crippen LogP contribution in [0.2, 0.25) is 0 Å². The largest absolute Gasteiger partial charge is 0.508 e. The van der Waals surface area contributed by atoms with Crippen molar-refractivity contribution < 1.29 is 10.2 Å². The van der Waals surface area contributed by atoms with Crippen LogP contribution in [0.25, 0.3) is 0 Å². The number of hydrogen-bond donors (Lipinski definition) is 2. The maximum Gasteiger partial charge on any atom is 0.115 e. The average molecular weight is 270 g/mol. The minimum Gasteiger partial charge on any atom is -0.508 e. The van der Waals surface area contributed by atoms with Crippen molar-refractivity contribution in [1.29, 1.82) is 0 Å². The summed E-state index contributed by atoms with van der Waals surface area (Å²) in [6.07, 6.45) is 3.36. The van der Waals surface area contributed by atoms with Crippen LogP contribution in [0.5, 0.6) is 5.75 Å². The van der Waals surface area contributed by atoms with Crippen LogP contribution in [0, 0.1) is 6.92 Å². The standard InChI is InChI=1S/C11H14O.C7H8O/c1-8(12)10-6-5-9-3-2-4-11(9)7-10;1-6-2-4-7(8)5-3-6/h5-8,12H,2-4H2,1H3;2-5,8H,1H3. The van der Waals surface area contributed by atoms with Gasteiger partial charge in [-0.3, -0.25) is 0 Å². The van der Waals surface area contributed by atoms with Gasteiger partial charge < -0.3 is 10.2 Å². The van der Waals surface area contributed by atoms with Gasteiger partial charge in [-0.2, -0.15) is 0 Å². The van der Waals surface area contributed by atoms with E-state index >= 15 is 0 Å². The maximum absolute atomic E-state index is 9.35. The lowest BCUT2D eigenvalue weighted by Crippen LogP contribution is -1.92. The molecule has 0 heterocycles. The normalized spacial score (nSPS) is 14.2. The van der Waals surface area contributed by atoms with E-state index in [9.17, 15) is 5.11 Å². The lowest BCUT2D eigenvalue weighted by Gasteiger charge is -2.06. The third-order valence-electron chi connectivity index (χ3n) is 3.64. The summed E-state index contributed by atoms with van der Waals surface area (Å²) >= 11 is 0. The van der Waals surface area contributed by atoms with Gasteiger partial charge in [0.15, 0.2) is 0 Å². The van der Waals surface area contributed by atoms with Crippen LogP contribution in [0.1, 0.15) is 41.7 Å². The molecule has 2 heteroatoms. The van der Waals surface area contributed by atoms with Gasteiger partial charge in [-0.15, -0.1) is 0 Å². The molecule has 3 rings (SSSR count). The molecule has 1 aliphatic rings. The summed E-state index contributed by atoms with van der Waals surface area (Å²) in [6, 6.07) is 13.4. The van der Waals surface area contributed by atoms with Crippen molar-refractivity contribution in [3.63, 3.8) is 0 Å². The molecule has 0 bridgehead atoms. The molecule has 2 aromatic rings. The number of aryl methyl sites for hydroxylation is 3. The van der Waals surface area contributed by atoms with Crippen molar-refractivity contribution in [2.24, 2.45) is 0 Å². The molecule has 0 spiro atoms. The van der Waals surface area contributed by atoms with Gasteiger partial charge in [0, 0.05) is 0 Å². The molecule has 0 saturated carbocycles. The molecule has 0 radical (unpaired) electrons. The molecular weight excluding hydrogens is 248 g/mol. The molecule has 1 unspecified atom stereocenters. The number of hydrogen-bond acceptors (Lipinski definition) is 2. The van der Waals surface area contributed by atoms with Gasteiger partial charge in [0.25, 0.3) is 0 Å². The summed E-state index contributed by atoms with van der Waals surface area (Å²) in [7, 11) is 0. The fourth-order valence-corrected chi connectivity index (χ4v) is 2.40. The third-order valence-corrected chi connectivity index (χ3v) is 3.64. The Morgan fingerprint density at radius 2 is 1.60 bits per heavy atom. The van der Waals surface area contributed by atoms with Crippen LogP contribution in [-0.4, -0.2) is 10.2 Å². The number of phenolic OH excluding ortho intramolecular Hbond substituents is 1. The topological polar surface area (TPSA) is 40.5 Å². The second-order valence-corrected chi connectivity index (χ2v) is 5.39. The van der Waals surface area contributed by atoms with Crippen LogP contribution < -0.4 is 0 Å². The van der Waals surface area contributed by atoms with Gasteiger partial charge in [-0.05, 0) is 61.9 Å². The molecule has 2 nitrogen and oxygen atoms in total. The first-order valence-corrected chi connectivity index (χ1v) is 7.11. The Morgan fingerprint density at radius 3 is 2.20 bits per heavy atom. The highest BCUT2D eigenvalue weighted by Gasteiger charge is 2.11. The minimum atomic E-state index is -0.323. The first kappa shape index (κ1) is 14.6. The molecule has 20 heavy (non-hydrogen) atoms. The van der Waals surface area contributed by atoms with Crippen LogP contribution in [0.4, 0.5) is 0 Å². The number of phenols is 1. The van der Waals surface area contributed by atoms with E-state index in [1.165, 1.54) is 36.0 Å². The molecule has 0 amide bonds. The lowest BCUT2D eigenvalue weighted by molar-refractivity contribution is 0.199. The summed E-state index contributed by atoms with van der Waals surface area (Å²) in [6.45, 7) is 3.80. The summed E-state index contributed by atoms with van der Waals surface area (Å²) in [5, 5.41) is 18.1. The van der Waals surface area contributed by atoms with Gasteiger partial charge in [0.05, 0.1) is 6.10 Å². The SMILES string of the molecule is CC(O)c1ccc2c(c1)CCC2.Cc1ccc(O)cc1. The zero-order chi connectivity index (χ0) is 14.5. The Bertz CT molecular complexity index is 535. The molecule has 1 aliphatic carbocycles. The predicted molar refractivity (Wildman–Crippen MR) is 81.9 cm³/mol. The van der Waals surface area contributed by atoms with Crippen molar-refractivity contribution >= 4 is 0 Å². The summed E-state index contributed by atoms with van der Waals surface area (Å²) in [4.78, 5) is 0. The summed E-state index contributed by atoms with van der Waals surface area (Å²) in [5.41, 5.74) is 5.13. The molecule has 0 fully saturated rings. The molecule has 0 aliphatic heterocycles. The molecule has 1 atom stereocenters. The maximum atomic E-state index is 9.35. The van der Waals surface area contributed by atoms with Crippen molar-refractivity contribution in [1.82, 2.24) is 0 Å². The Labute approximate surface area is 120 Å². The number of aliphatic hydroxyl groups excluding tert-OH is 1. The number of fused-ring (bicyclic) bond motifs is 1. The fourth-order valence-electron chi connectivity index (χ4n) is 2.40. The molecule has 2 N–H and O–H groups in total. The van der Waals surface area contributed by atoms with E-state index in [1.807, 2.05) is 32.0 Å². The number of aliphatic hydroxyl groups is 1. The van der Waals surface area contributed by atoms with E-state index < -0.39 is 0 Å². The molecule has 0 aromatic heterocycles. The first-order valence-electron chi connectivity index (χ1n) is 7.11. The highest BCUT2D eigenvalue weighted by Crippen LogP contribution is 2.25. The van der Waals surface area contributed by atoms with Gasteiger partial charge in [-0.1, -0.05) is 35.9 Å². The Balaban J connectivity index is 0.000000160. The quantitative estimate of drug-likeness (QED) is 0.824. The van der Waals surface area contributed by atoms with E-state index in [0.29, 0.717) is 5.75 Å². The summed E-state index contributed by atoms with van der Waals surface area (Å²) < 4.78 is 0. The van der Waals surface area contributed by atoms with Gasteiger partial charge in [0.2, 0.25) is 0 Å². The Hall–Kier alpha value is -1.80. The Morgan fingerprint density at radius 1 is 0.950 bits per heavy atom. The van der Waals surface area contributed by atoms with Crippen molar-refractivity contribution in [3.05, 3.63) is 64.7 Å². The zero-order valence-electron chi connectivity index (χ0n) is 12.1. The average Bonchev–Trinajstić information content (AvgIpc) is 2.90. The molecule has 2 aromatic carbocycles. The second kappa shape index (κ2) is 6.58. The lowest BCUT2D eigenvalue weighted by atomic mass is 10.0. The predicted octanol–water partition coefficient (Wildman–Crippen LogP) is 3.93. The van der Waals surface area contributed by atoms with E-state index in [0.717, 1.165) is 5.56 Å². The molecule has 0 saturated heterocycles. The van der Waals surface area contributed by atoms with Crippen molar-refractivity contribution in [2.45, 2.75) is 39.2 Å². The third kappa shape index (κ3) is 3.84. The van der Waals surface area contributed by atoms with Crippen molar-refractivity contribution in [3.8, 4) is 5.75 Å². The zero-order valence-corrected chi connectivity index (χ0v) is 12.1. The molecule has 106 valence electrons. The van der Waals surface area contributed by atoms with Gasteiger partial charge in [0.1, 0.15) is 5.75 Å². The molecular formula is C18H22O2. The highest BCUT2D eigenvalue weighted by molar-refractivity contribution is 5.35. The van der Waals surface area contributed by atoms with E-state index in [-0.39, 0.29) is 6.10 Å². The van der Waals surface area contributed by atoms with Gasteiger partial charge in [-0.25, -0.2) is 0 Å². The van der Waals surface area contributed by atoms with Crippen LogP contribution >= 0.6 is 0 Å². The monoisotopic (exact) mass is 270 g/mol. The van der Waals surface area contributed by atoms with E-state index in [1.54, 1.807) is 12.1 Å². The first-order chi connectivity index (χ1) is 9.56. The van der Waals surface area contributed by atoms with Crippen LogP contribution in [0.3, 0.4) is 0 Å². The van der Waals surface area contributed by atoms with E-state index in [2.05, 4.69) is 12.1 Å². The second-order valence-electron chi connectivity index (χ2n) is 5.39. The smallest absolute Gasteiger partial charge is 0.115 e. The number of aromatic hydroxyl groups is 1. The van der Waals surface area contributed by atoms with Crippen LogP contribution in [-0.2, 0) is 12.8 Å². The van der Waals surface area contributed by atoms with Gasteiger partial charge >= 0.3 is 0 Å². The highest BCUT2D eigenvalue weighted by atomic mass is 16.3. The number of benzene rings is 2. The number of rotatable bonds is 1. The van der Waals surface area contributed by atoms with Crippen LogP contribution in [0.15, 0.2) is 42.5 Å². The fraction of sp³-hybridized carbons (Fsp3) is 0.333. The van der Waals surface area contributed by atoms with E-state index in [4.69, 9.17) is 5.11 Å².